The monoisotopic (exact) mass is 481 g/mol. The van der Waals surface area contributed by atoms with Crippen molar-refractivity contribution in [3.05, 3.63) is 65.4 Å². The molecule has 0 unspecified atom stereocenters. The van der Waals surface area contributed by atoms with Crippen molar-refractivity contribution in [2.24, 2.45) is 0 Å². The molecule has 2 aromatic carbocycles. The lowest BCUT2D eigenvalue weighted by molar-refractivity contribution is 0.0298. The van der Waals surface area contributed by atoms with E-state index in [1.807, 2.05) is 0 Å². The Balaban J connectivity index is 1.60. The van der Waals surface area contributed by atoms with Gasteiger partial charge in [0.2, 0.25) is 0 Å². The van der Waals surface area contributed by atoms with Crippen LogP contribution in [0.5, 0.6) is 5.75 Å². The molecular formula is C24H23N3O6S. The summed E-state index contributed by atoms with van der Waals surface area (Å²) >= 11 is 0. The van der Waals surface area contributed by atoms with E-state index in [9.17, 15) is 18.0 Å². The standard InChI is InChI=1S/C24H23N3O6S/c1-32-17-8-6-16(7-9-17)20(28)14-27-23-18-4-2-3-5-21(18)34(30,31)15-19(23)22(25-27)24(29)26-10-12-33-13-11-26/h2-9H,10-15H2,1H3. The number of benzene rings is 2. The molecular weight excluding hydrogens is 458 g/mol. The zero-order valence-electron chi connectivity index (χ0n) is 18.6. The summed E-state index contributed by atoms with van der Waals surface area (Å²) < 4.78 is 38.0. The van der Waals surface area contributed by atoms with Crippen LogP contribution in [0, 0.1) is 0 Å². The van der Waals surface area contributed by atoms with Crippen LogP contribution in [0.1, 0.15) is 26.4 Å². The van der Waals surface area contributed by atoms with Gasteiger partial charge in [-0.15, -0.1) is 0 Å². The number of hydrogen-bond donors (Lipinski definition) is 0. The van der Waals surface area contributed by atoms with E-state index in [1.165, 1.54) is 4.68 Å². The average molecular weight is 482 g/mol. The number of ether oxygens (including phenoxy) is 2. The Kier molecular flexibility index (Phi) is 5.70. The molecule has 3 heterocycles. The van der Waals surface area contributed by atoms with Crippen LogP contribution in [-0.4, -0.2) is 68.2 Å². The van der Waals surface area contributed by atoms with E-state index in [4.69, 9.17) is 9.47 Å². The van der Waals surface area contributed by atoms with Crippen molar-refractivity contribution in [2.75, 3.05) is 33.4 Å². The highest BCUT2D eigenvalue weighted by molar-refractivity contribution is 7.90. The molecule has 0 N–H and O–H groups in total. The molecule has 0 spiro atoms. The number of carbonyl (C=O) groups excluding carboxylic acids is 2. The SMILES string of the molecule is COc1ccc(C(=O)Cn2nc(C(=O)N3CCOCC3)c3c2-c2ccccc2S(=O)(=O)C3)cc1. The number of hydrogen-bond acceptors (Lipinski definition) is 7. The van der Waals surface area contributed by atoms with Gasteiger partial charge in [0.05, 0.1) is 36.7 Å². The van der Waals surface area contributed by atoms with Crippen molar-refractivity contribution in [1.82, 2.24) is 14.7 Å². The molecule has 176 valence electrons. The van der Waals surface area contributed by atoms with Crippen molar-refractivity contribution < 1.29 is 27.5 Å². The predicted molar refractivity (Wildman–Crippen MR) is 123 cm³/mol. The maximum Gasteiger partial charge on any atom is 0.274 e. The van der Waals surface area contributed by atoms with E-state index in [0.29, 0.717) is 54.4 Å². The number of amides is 1. The Bertz CT molecular complexity index is 1370. The highest BCUT2D eigenvalue weighted by Crippen LogP contribution is 2.39. The summed E-state index contributed by atoms with van der Waals surface area (Å²) in [7, 11) is -2.12. The van der Waals surface area contributed by atoms with Gasteiger partial charge in [0.1, 0.15) is 12.3 Å². The molecule has 9 nitrogen and oxygen atoms in total. The molecule has 5 rings (SSSR count). The number of rotatable bonds is 5. The molecule has 1 amide bonds. The smallest absolute Gasteiger partial charge is 0.274 e. The van der Waals surface area contributed by atoms with Gasteiger partial charge < -0.3 is 14.4 Å². The number of ketones is 1. The molecule has 0 radical (unpaired) electrons. The van der Waals surface area contributed by atoms with Gasteiger partial charge in [0.15, 0.2) is 21.3 Å². The Hall–Kier alpha value is -3.50. The van der Waals surface area contributed by atoms with Crippen molar-refractivity contribution in [2.45, 2.75) is 17.2 Å². The topological polar surface area (TPSA) is 108 Å². The Morgan fingerprint density at radius 1 is 1.06 bits per heavy atom. The molecule has 34 heavy (non-hydrogen) atoms. The first-order chi connectivity index (χ1) is 16.4. The van der Waals surface area contributed by atoms with Crippen molar-refractivity contribution in [3.63, 3.8) is 0 Å². The van der Waals surface area contributed by atoms with Crippen LogP contribution in [-0.2, 0) is 26.9 Å². The minimum Gasteiger partial charge on any atom is -0.497 e. The van der Waals surface area contributed by atoms with Gasteiger partial charge in [0, 0.05) is 29.8 Å². The van der Waals surface area contributed by atoms with Gasteiger partial charge in [-0.2, -0.15) is 5.10 Å². The van der Waals surface area contributed by atoms with Gasteiger partial charge in [0.25, 0.3) is 5.91 Å². The fourth-order valence-corrected chi connectivity index (χ4v) is 5.94. The fourth-order valence-electron chi connectivity index (χ4n) is 4.35. The summed E-state index contributed by atoms with van der Waals surface area (Å²) in [6.45, 7) is 1.47. The minimum absolute atomic E-state index is 0.0671. The number of morpholine rings is 1. The zero-order valence-corrected chi connectivity index (χ0v) is 19.4. The zero-order chi connectivity index (χ0) is 23.9. The second-order valence-electron chi connectivity index (χ2n) is 8.14. The molecule has 3 aromatic rings. The number of methoxy groups -OCH3 is 1. The summed E-state index contributed by atoms with van der Waals surface area (Å²) in [4.78, 5) is 28.2. The van der Waals surface area contributed by atoms with E-state index in [-0.39, 0.29) is 34.6 Å². The van der Waals surface area contributed by atoms with Crippen LogP contribution in [0.15, 0.2) is 53.4 Å². The Morgan fingerprint density at radius 2 is 1.76 bits per heavy atom. The van der Waals surface area contributed by atoms with Crippen LogP contribution in [0.4, 0.5) is 0 Å². The number of Topliss-reactive ketones (excluding diaryl/α,β-unsaturated/α-hetero) is 1. The van der Waals surface area contributed by atoms with Crippen LogP contribution in [0.2, 0.25) is 0 Å². The van der Waals surface area contributed by atoms with Crippen LogP contribution in [0.3, 0.4) is 0 Å². The molecule has 0 saturated carbocycles. The van der Waals surface area contributed by atoms with Gasteiger partial charge in [-0.3, -0.25) is 14.3 Å². The van der Waals surface area contributed by atoms with E-state index >= 15 is 0 Å². The lowest BCUT2D eigenvalue weighted by Gasteiger charge is -2.26. The van der Waals surface area contributed by atoms with Crippen LogP contribution >= 0.6 is 0 Å². The van der Waals surface area contributed by atoms with E-state index in [2.05, 4.69) is 5.10 Å². The van der Waals surface area contributed by atoms with E-state index < -0.39 is 9.84 Å². The third kappa shape index (κ3) is 3.88. The largest absolute Gasteiger partial charge is 0.497 e. The summed E-state index contributed by atoms with van der Waals surface area (Å²) in [6, 6.07) is 13.3. The quantitative estimate of drug-likeness (QED) is 0.514. The molecule has 2 aliphatic heterocycles. The summed E-state index contributed by atoms with van der Waals surface area (Å²) in [5.41, 5.74) is 1.79. The van der Waals surface area contributed by atoms with E-state index in [1.54, 1.807) is 60.5 Å². The summed E-state index contributed by atoms with van der Waals surface area (Å²) in [6.07, 6.45) is 0. The summed E-state index contributed by atoms with van der Waals surface area (Å²) in [5, 5.41) is 4.51. The molecule has 2 aliphatic rings. The number of carbonyl (C=O) groups is 2. The third-order valence-electron chi connectivity index (χ3n) is 6.07. The van der Waals surface area contributed by atoms with Gasteiger partial charge >= 0.3 is 0 Å². The maximum absolute atomic E-state index is 13.3. The van der Waals surface area contributed by atoms with Gasteiger partial charge in [-0.25, -0.2) is 8.42 Å². The summed E-state index contributed by atoms with van der Waals surface area (Å²) in [5.74, 6) is -0.291. The second kappa shape index (κ2) is 8.69. The normalized spacial score (nSPS) is 16.4. The molecule has 0 bridgehead atoms. The predicted octanol–water partition coefficient (Wildman–Crippen LogP) is 2.20. The van der Waals surface area contributed by atoms with Crippen molar-refractivity contribution >= 4 is 21.5 Å². The molecule has 1 fully saturated rings. The number of aromatic nitrogens is 2. The van der Waals surface area contributed by atoms with E-state index in [0.717, 1.165) is 0 Å². The van der Waals surface area contributed by atoms with Crippen LogP contribution < -0.4 is 4.74 Å². The number of nitrogens with zero attached hydrogens (tertiary/aromatic N) is 3. The highest BCUT2D eigenvalue weighted by Gasteiger charge is 2.37. The number of fused-ring (bicyclic) bond motifs is 3. The molecule has 0 atom stereocenters. The Labute approximate surface area is 196 Å². The highest BCUT2D eigenvalue weighted by atomic mass is 32.2. The molecule has 1 saturated heterocycles. The van der Waals surface area contributed by atoms with Gasteiger partial charge in [-0.1, -0.05) is 18.2 Å². The van der Waals surface area contributed by atoms with Crippen molar-refractivity contribution in [3.8, 4) is 17.0 Å². The second-order valence-corrected chi connectivity index (χ2v) is 10.1. The molecule has 10 heteroatoms. The first-order valence-corrected chi connectivity index (χ1v) is 12.5. The Morgan fingerprint density at radius 3 is 2.47 bits per heavy atom. The average Bonchev–Trinajstić information content (AvgIpc) is 3.21. The molecule has 1 aromatic heterocycles. The fraction of sp³-hybridized carbons (Fsp3) is 0.292. The maximum atomic E-state index is 13.3. The third-order valence-corrected chi connectivity index (χ3v) is 7.76. The minimum atomic E-state index is -3.66. The first kappa shape index (κ1) is 22.3. The lowest BCUT2D eigenvalue weighted by atomic mass is 10.0. The molecule has 0 aliphatic carbocycles. The lowest BCUT2D eigenvalue weighted by Crippen LogP contribution is -2.41. The van der Waals surface area contributed by atoms with Gasteiger partial charge in [-0.05, 0) is 30.3 Å². The number of sulfone groups is 1. The first-order valence-electron chi connectivity index (χ1n) is 10.8. The van der Waals surface area contributed by atoms with Crippen LogP contribution in [0.25, 0.3) is 11.3 Å². The van der Waals surface area contributed by atoms with Crippen molar-refractivity contribution in [1.29, 1.82) is 0 Å².